The minimum absolute atomic E-state index is 0.0229. The van der Waals surface area contributed by atoms with Crippen LogP contribution in [0.5, 0.6) is 0 Å². The molecule has 14 nitrogen and oxygen atoms in total. The van der Waals surface area contributed by atoms with Crippen molar-refractivity contribution in [3.63, 3.8) is 0 Å². The Hall–Kier alpha value is -3.98. The lowest BCUT2D eigenvalue weighted by atomic mass is 9.87. The summed E-state index contributed by atoms with van der Waals surface area (Å²) >= 11 is 0. The third-order valence-electron chi connectivity index (χ3n) is 7.52. The van der Waals surface area contributed by atoms with Gasteiger partial charge in [0.05, 0.1) is 11.9 Å². The molecule has 1 amide bonds. The number of nitrogen functional groups attached to an aromatic ring is 1. The molecule has 4 aromatic heterocycles. The molecule has 0 radical (unpaired) electrons. The van der Waals surface area contributed by atoms with Crippen LogP contribution >= 0.6 is 0 Å². The summed E-state index contributed by atoms with van der Waals surface area (Å²) in [7, 11) is -3.77. The topological polar surface area (TPSA) is 198 Å². The molecule has 2 aliphatic heterocycles. The number of carbonyl (C=O) groups excluding carboxylic acids is 1. The first kappa shape index (κ1) is 25.3. The second-order valence-electron chi connectivity index (χ2n) is 10.7. The zero-order chi connectivity index (χ0) is 27.7. The lowest BCUT2D eigenvalue weighted by molar-refractivity contribution is 0.0556. The van der Waals surface area contributed by atoms with Crippen LogP contribution in [0, 0.1) is 0 Å². The number of anilines is 1. The number of aromatic nitrogens is 8. The molecule has 6 rings (SSSR count). The van der Waals surface area contributed by atoms with Gasteiger partial charge in [-0.15, -0.1) is 0 Å². The highest BCUT2D eigenvalue weighted by Crippen LogP contribution is 2.45. The van der Waals surface area contributed by atoms with E-state index in [-0.39, 0.29) is 46.3 Å². The zero-order valence-corrected chi connectivity index (χ0v) is 22.4. The van der Waals surface area contributed by atoms with Crippen molar-refractivity contribution < 1.29 is 18.3 Å². The van der Waals surface area contributed by atoms with Crippen LogP contribution < -0.4 is 5.73 Å². The van der Waals surface area contributed by atoms with Gasteiger partial charge in [-0.05, 0) is 39.5 Å². The van der Waals surface area contributed by atoms with Crippen LogP contribution in [0.2, 0.25) is 0 Å². The highest BCUT2D eigenvalue weighted by molar-refractivity contribution is 7.91. The summed E-state index contributed by atoms with van der Waals surface area (Å²) in [6.45, 7) is 3.19. The summed E-state index contributed by atoms with van der Waals surface area (Å²) in [6.07, 6.45) is 9.75. The van der Waals surface area contributed by atoms with Crippen molar-refractivity contribution in [1.82, 2.24) is 44.6 Å². The molecule has 39 heavy (non-hydrogen) atoms. The third kappa shape index (κ3) is 4.21. The van der Waals surface area contributed by atoms with E-state index in [4.69, 9.17) is 10.7 Å². The molecule has 2 saturated heterocycles. The first-order chi connectivity index (χ1) is 18.4. The Balaban J connectivity index is 1.42. The van der Waals surface area contributed by atoms with Crippen LogP contribution in [0.4, 0.5) is 5.82 Å². The van der Waals surface area contributed by atoms with E-state index in [0.29, 0.717) is 35.3 Å². The van der Waals surface area contributed by atoms with Gasteiger partial charge in [0.2, 0.25) is 5.82 Å². The van der Waals surface area contributed by atoms with Crippen molar-refractivity contribution >= 4 is 27.2 Å². The monoisotopic (exact) mass is 552 g/mol. The fourth-order valence-electron chi connectivity index (χ4n) is 5.82. The van der Waals surface area contributed by atoms with E-state index < -0.39 is 15.4 Å². The number of H-pyrrole nitrogens is 1. The number of carbonyl (C=O) groups is 1. The molecule has 6 heterocycles. The average Bonchev–Trinajstić information content (AvgIpc) is 3.61. The Kier molecular flexibility index (Phi) is 5.69. The van der Waals surface area contributed by atoms with Gasteiger partial charge >= 0.3 is 0 Å². The van der Waals surface area contributed by atoms with E-state index in [9.17, 15) is 18.3 Å². The van der Waals surface area contributed by atoms with Gasteiger partial charge < -0.3 is 15.7 Å². The number of piperidine rings is 1. The smallest absolute Gasteiger partial charge is 0.291 e. The van der Waals surface area contributed by atoms with Crippen LogP contribution in [0.3, 0.4) is 0 Å². The predicted octanol–water partition coefficient (Wildman–Crippen LogP) is 1.07. The molecule has 4 aromatic rings. The summed E-state index contributed by atoms with van der Waals surface area (Å²) in [6, 6.07) is -0.185. The van der Waals surface area contributed by atoms with Gasteiger partial charge in [-0.1, -0.05) is 0 Å². The molecular formula is C24H28N10O4S. The van der Waals surface area contributed by atoms with Gasteiger partial charge in [0.25, 0.3) is 5.91 Å². The van der Waals surface area contributed by atoms with E-state index in [0.717, 1.165) is 19.1 Å². The number of hydrogen-bond donors (Lipinski definition) is 3. The van der Waals surface area contributed by atoms with Crippen molar-refractivity contribution in [1.29, 1.82) is 0 Å². The number of sulfone groups is 1. The highest BCUT2D eigenvalue weighted by Gasteiger charge is 2.46. The molecule has 0 aromatic carbocycles. The lowest BCUT2D eigenvalue weighted by Crippen LogP contribution is -2.46. The van der Waals surface area contributed by atoms with Crippen LogP contribution in [-0.2, 0) is 15.4 Å². The van der Waals surface area contributed by atoms with E-state index in [1.165, 1.54) is 10.8 Å². The molecule has 2 bridgehead atoms. The zero-order valence-electron chi connectivity index (χ0n) is 21.6. The maximum absolute atomic E-state index is 13.1. The third-order valence-corrected chi connectivity index (χ3v) is 8.68. The number of aliphatic hydroxyl groups is 1. The van der Waals surface area contributed by atoms with Crippen LogP contribution in [0.1, 0.15) is 67.6 Å². The normalized spacial score (nSPS) is 21.5. The molecule has 4 N–H and O–H groups in total. The minimum Gasteiger partial charge on any atom is -0.382 e. The molecule has 204 valence electrons. The quantitative estimate of drug-likeness (QED) is 0.320. The summed E-state index contributed by atoms with van der Waals surface area (Å²) in [4.78, 5) is 32.3. The number of nitrogens with one attached hydrogen (secondary N) is 1. The van der Waals surface area contributed by atoms with E-state index >= 15 is 0 Å². The van der Waals surface area contributed by atoms with Crippen LogP contribution in [-0.4, -0.2) is 82.4 Å². The van der Waals surface area contributed by atoms with E-state index in [2.05, 4.69) is 30.2 Å². The van der Waals surface area contributed by atoms with E-state index in [1.54, 1.807) is 32.4 Å². The number of nitrogens with zero attached hydrogens (tertiary/aromatic N) is 8. The summed E-state index contributed by atoms with van der Waals surface area (Å²) in [5.41, 5.74) is 7.16. The molecule has 0 spiro atoms. The summed E-state index contributed by atoms with van der Waals surface area (Å²) in [5, 5.41) is 21.0. The van der Waals surface area contributed by atoms with Crippen molar-refractivity contribution in [2.24, 2.45) is 0 Å². The second-order valence-corrected chi connectivity index (χ2v) is 12.7. The Morgan fingerprint density at radius 2 is 1.79 bits per heavy atom. The van der Waals surface area contributed by atoms with Gasteiger partial charge in [0.15, 0.2) is 21.3 Å². The highest BCUT2D eigenvalue weighted by atomic mass is 32.2. The van der Waals surface area contributed by atoms with Crippen molar-refractivity contribution in [3.05, 3.63) is 42.3 Å². The molecule has 0 aliphatic carbocycles. The average molecular weight is 553 g/mol. The Morgan fingerprint density at radius 3 is 2.36 bits per heavy atom. The molecule has 0 saturated carbocycles. The standard InChI is InChI=1S/C24H28N10O4S/c1-24(2,36)23-26-8-13(9-27-23)16-10-30-34-19(25)18(39(3,37)38)17(31-21(16)34)12-6-14-4-5-15(7-12)33(14)22(35)20-28-11-29-32-20/h8-12,14-15,36H,4-7,25H2,1-3H3,(H,28,29,32)/t12?,14-,15?/m0/s1. The van der Waals surface area contributed by atoms with Crippen LogP contribution in [0.25, 0.3) is 16.8 Å². The number of fused-ring (bicyclic) bond motifs is 3. The van der Waals surface area contributed by atoms with Gasteiger partial charge in [-0.2, -0.15) is 14.7 Å². The molecule has 2 unspecified atom stereocenters. The fraction of sp³-hybridized carbons (Fsp3) is 0.458. The SMILES string of the molecule is CC(C)(O)c1ncc(-c2cnn3c(N)c(S(C)(=O)=O)c(C4CC5CC[C@@H](C4)N5C(=O)c4ncn[nH]4)nc23)cn1. The Morgan fingerprint density at radius 1 is 1.13 bits per heavy atom. The molecular weight excluding hydrogens is 524 g/mol. The molecule has 15 heteroatoms. The first-order valence-corrected chi connectivity index (χ1v) is 14.4. The molecule has 2 aliphatic rings. The van der Waals surface area contributed by atoms with Gasteiger partial charge in [-0.3, -0.25) is 9.89 Å². The number of aromatic amines is 1. The molecule has 3 atom stereocenters. The minimum atomic E-state index is -3.77. The van der Waals surface area contributed by atoms with Gasteiger partial charge in [0.1, 0.15) is 22.6 Å². The van der Waals surface area contributed by atoms with Gasteiger partial charge in [0, 0.05) is 47.8 Å². The predicted molar refractivity (Wildman–Crippen MR) is 138 cm³/mol. The Bertz CT molecular complexity index is 1660. The molecule has 2 fully saturated rings. The fourth-order valence-corrected chi connectivity index (χ4v) is 6.88. The number of amides is 1. The van der Waals surface area contributed by atoms with Gasteiger partial charge in [-0.25, -0.2) is 28.4 Å². The summed E-state index contributed by atoms with van der Waals surface area (Å²) in [5.74, 6) is -0.0255. The van der Waals surface area contributed by atoms with Crippen molar-refractivity contribution in [2.75, 3.05) is 12.0 Å². The van der Waals surface area contributed by atoms with Crippen LogP contribution in [0.15, 0.2) is 29.8 Å². The van der Waals surface area contributed by atoms with Crippen molar-refractivity contribution in [2.45, 2.75) is 68.0 Å². The number of rotatable bonds is 5. The maximum Gasteiger partial charge on any atom is 0.291 e. The number of hydrogen-bond acceptors (Lipinski definition) is 11. The van der Waals surface area contributed by atoms with Crippen molar-refractivity contribution in [3.8, 4) is 11.1 Å². The second kappa shape index (κ2) is 8.77. The number of nitrogens with two attached hydrogens (primary N) is 1. The van der Waals surface area contributed by atoms with E-state index in [1.807, 2.05) is 4.90 Å². The lowest BCUT2D eigenvalue weighted by Gasteiger charge is -2.38. The largest absolute Gasteiger partial charge is 0.382 e. The maximum atomic E-state index is 13.1. The summed E-state index contributed by atoms with van der Waals surface area (Å²) < 4.78 is 27.3. The first-order valence-electron chi connectivity index (χ1n) is 12.5. The Labute approximate surface area is 223 Å².